The van der Waals surface area contributed by atoms with Crippen LogP contribution in [0.3, 0.4) is 0 Å². The molecule has 5 rings (SSSR count). The van der Waals surface area contributed by atoms with Gasteiger partial charge in [0, 0.05) is 28.7 Å². The van der Waals surface area contributed by atoms with Gasteiger partial charge in [-0.05, 0) is 54.3 Å². The first kappa shape index (κ1) is 22.7. The molecule has 1 aromatic heterocycles. The third-order valence-electron chi connectivity index (χ3n) is 6.51. The lowest BCUT2D eigenvalue weighted by atomic mass is 9.92. The smallest absolute Gasteiger partial charge is 0.235 e. The number of sulfonamides is 1. The number of H-pyrrole nitrogens is 1. The molecule has 0 saturated heterocycles. The van der Waals surface area contributed by atoms with Crippen LogP contribution in [0.25, 0.3) is 10.9 Å². The van der Waals surface area contributed by atoms with Gasteiger partial charge in [-0.15, -0.1) is 0 Å². The van der Waals surface area contributed by atoms with E-state index >= 15 is 0 Å². The second kappa shape index (κ2) is 7.74. The number of anilines is 1. The molecule has 2 heterocycles. The molecule has 0 bridgehead atoms. The van der Waals surface area contributed by atoms with Gasteiger partial charge in [-0.3, -0.25) is 4.79 Å². The van der Waals surface area contributed by atoms with Gasteiger partial charge in [0.1, 0.15) is 0 Å². The molecule has 3 aromatic rings. The molecule has 1 saturated carbocycles. The van der Waals surface area contributed by atoms with Crippen LogP contribution >= 0.6 is 0 Å². The van der Waals surface area contributed by atoms with E-state index in [-0.39, 0.29) is 24.7 Å². The van der Waals surface area contributed by atoms with Crippen molar-refractivity contribution in [2.45, 2.75) is 51.0 Å². The molecule has 1 aliphatic heterocycles. The van der Waals surface area contributed by atoms with Gasteiger partial charge in [-0.2, -0.15) is 0 Å². The Labute approximate surface area is 199 Å². The van der Waals surface area contributed by atoms with Crippen LogP contribution in [0.2, 0.25) is 0 Å². The highest BCUT2D eigenvalue weighted by molar-refractivity contribution is 7.88. The molecule has 2 aromatic carbocycles. The summed E-state index contributed by atoms with van der Waals surface area (Å²) < 4.78 is 36.9. The Bertz CT molecular complexity index is 1400. The summed E-state index contributed by atoms with van der Waals surface area (Å²) in [4.78, 5) is 16.9. The maximum atomic E-state index is 13.4. The van der Waals surface area contributed by atoms with Gasteiger partial charge < -0.3 is 19.8 Å². The first-order valence-electron chi connectivity index (χ1n) is 11.3. The summed E-state index contributed by atoms with van der Waals surface area (Å²) in [5.74, 6) is 1.27. The van der Waals surface area contributed by atoms with E-state index in [1.807, 2.05) is 30.3 Å². The minimum atomic E-state index is -3.38. The number of aromatic amines is 1. The Kier molecular flexibility index (Phi) is 5.18. The lowest BCUT2D eigenvalue weighted by molar-refractivity contribution is -0.118. The fraction of sp³-hybridized carbons (Fsp3) is 0.400. The Morgan fingerprint density at radius 1 is 1.09 bits per heavy atom. The van der Waals surface area contributed by atoms with E-state index in [9.17, 15) is 13.2 Å². The van der Waals surface area contributed by atoms with Crippen LogP contribution in [-0.4, -0.2) is 32.4 Å². The predicted molar refractivity (Wildman–Crippen MR) is 131 cm³/mol. The number of rotatable bonds is 6. The van der Waals surface area contributed by atoms with Crippen LogP contribution < -0.4 is 19.5 Å². The molecule has 3 N–H and O–H groups in total. The van der Waals surface area contributed by atoms with Gasteiger partial charge in [0.05, 0.1) is 17.2 Å². The molecule has 8 nitrogen and oxygen atoms in total. The van der Waals surface area contributed by atoms with Crippen molar-refractivity contribution in [3.8, 4) is 11.5 Å². The summed E-state index contributed by atoms with van der Waals surface area (Å²) in [5.41, 5.74) is 3.49. The van der Waals surface area contributed by atoms with Gasteiger partial charge in [0.15, 0.2) is 11.5 Å². The van der Waals surface area contributed by atoms with E-state index in [2.05, 4.69) is 41.9 Å². The molecule has 0 spiro atoms. The maximum absolute atomic E-state index is 13.4. The molecule has 9 heteroatoms. The fourth-order valence-corrected chi connectivity index (χ4v) is 4.78. The molecule has 1 aliphatic carbocycles. The number of nitrogens with one attached hydrogen (secondary N) is 3. The summed E-state index contributed by atoms with van der Waals surface area (Å²) in [6.45, 7) is 6.64. The van der Waals surface area contributed by atoms with E-state index in [4.69, 9.17) is 9.47 Å². The fourth-order valence-electron chi connectivity index (χ4n) is 4.36. The van der Waals surface area contributed by atoms with Crippen LogP contribution in [0.1, 0.15) is 50.4 Å². The summed E-state index contributed by atoms with van der Waals surface area (Å²) >= 11 is 0. The Hall–Kier alpha value is -3.04. The first-order valence-corrected chi connectivity index (χ1v) is 13.2. The number of aromatic nitrogens is 1. The molecular formula is C25H29N3O5S. The summed E-state index contributed by atoms with van der Waals surface area (Å²) in [5, 5.41) is 4.00. The average Bonchev–Trinajstić information content (AvgIpc) is 3.22. The van der Waals surface area contributed by atoms with Crippen LogP contribution in [0.5, 0.6) is 11.5 Å². The predicted octanol–water partition coefficient (Wildman–Crippen LogP) is 3.91. The highest BCUT2D eigenvalue weighted by atomic mass is 32.2. The van der Waals surface area contributed by atoms with E-state index in [1.165, 1.54) is 0 Å². The monoisotopic (exact) mass is 483 g/mol. The van der Waals surface area contributed by atoms with Crippen molar-refractivity contribution in [3.63, 3.8) is 0 Å². The lowest BCUT2D eigenvalue weighted by Gasteiger charge is -2.17. The zero-order chi connectivity index (χ0) is 24.3. The minimum Gasteiger partial charge on any atom is -0.454 e. The first-order chi connectivity index (χ1) is 15.9. The van der Waals surface area contributed by atoms with Crippen LogP contribution in [0.4, 0.5) is 5.69 Å². The second-order valence-corrected chi connectivity index (χ2v) is 12.1. The maximum Gasteiger partial charge on any atom is 0.235 e. The Morgan fingerprint density at radius 3 is 2.50 bits per heavy atom. The highest BCUT2D eigenvalue weighted by Gasteiger charge is 2.51. The summed E-state index contributed by atoms with van der Waals surface area (Å²) in [7, 11) is -3.38. The molecule has 0 atom stereocenters. The molecule has 0 radical (unpaired) electrons. The Morgan fingerprint density at radius 2 is 1.82 bits per heavy atom. The molecule has 1 amide bonds. The molecule has 0 unspecified atom stereocenters. The van der Waals surface area contributed by atoms with Crippen molar-refractivity contribution in [1.82, 2.24) is 9.71 Å². The minimum absolute atomic E-state index is 0.0840. The van der Waals surface area contributed by atoms with Gasteiger partial charge in [-0.25, -0.2) is 13.1 Å². The number of carbonyl (C=O) groups excluding carboxylic acids is 1. The third kappa shape index (κ3) is 4.25. The SMILES string of the molecule is CC(C)(C)c1cc2cc(NC(=O)C3(c4ccc5c(c4)OCO5)CC3)cc(CNS(C)(=O)=O)c2[nH]1. The zero-order valence-electron chi connectivity index (χ0n) is 19.7. The van der Waals surface area contributed by atoms with Gasteiger partial charge >= 0.3 is 0 Å². The molecule has 2 aliphatic rings. The highest BCUT2D eigenvalue weighted by Crippen LogP contribution is 2.51. The zero-order valence-corrected chi connectivity index (χ0v) is 20.6. The lowest BCUT2D eigenvalue weighted by Crippen LogP contribution is -2.28. The quantitative estimate of drug-likeness (QED) is 0.492. The van der Waals surface area contributed by atoms with Crippen molar-refractivity contribution in [1.29, 1.82) is 0 Å². The normalized spacial score (nSPS) is 16.6. The standard InChI is InChI=1S/C25H29N3O5S/c1-24(2,3)21-11-15-9-18(10-16(22(15)28-21)13-26-34(4,30)31)27-23(29)25(7-8-25)17-5-6-19-20(12-17)33-14-32-19/h5-6,9-12,26,28H,7-8,13-14H2,1-4H3,(H,27,29). The summed E-state index contributed by atoms with van der Waals surface area (Å²) in [6, 6.07) is 11.5. The van der Waals surface area contributed by atoms with E-state index in [0.29, 0.717) is 17.2 Å². The molecule has 180 valence electrons. The number of benzene rings is 2. The largest absolute Gasteiger partial charge is 0.454 e. The third-order valence-corrected chi connectivity index (χ3v) is 7.18. The number of carbonyl (C=O) groups is 1. The number of fused-ring (bicyclic) bond motifs is 2. The number of ether oxygens (including phenoxy) is 2. The van der Waals surface area contributed by atoms with Gasteiger partial charge in [0.2, 0.25) is 22.7 Å². The number of hydrogen-bond donors (Lipinski definition) is 3. The van der Waals surface area contributed by atoms with E-state index in [0.717, 1.165) is 46.8 Å². The number of amides is 1. The topological polar surface area (TPSA) is 110 Å². The second-order valence-electron chi connectivity index (χ2n) is 10.2. The Balaban J connectivity index is 1.47. The van der Waals surface area contributed by atoms with Crippen molar-refractivity contribution in [3.05, 3.63) is 53.2 Å². The van der Waals surface area contributed by atoms with Crippen molar-refractivity contribution in [2.24, 2.45) is 0 Å². The van der Waals surface area contributed by atoms with E-state index in [1.54, 1.807) is 0 Å². The van der Waals surface area contributed by atoms with Crippen LogP contribution in [0, 0.1) is 0 Å². The molecular weight excluding hydrogens is 454 g/mol. The van der Waals surface area contributed by atoms with Crippen LogP contribution in [0.15, 0.2) is 36.4 Å². The molecule has 1 fully saturated rings. The summed E-state index contributed by atoms with van der Waals surface area (Å²) in [6.07, 6.45) is 2.64. The number of hydrogen-bond acceptors (Lipinski definition) is 5. The van der Waals surface area contributed by atoms with Crippen molar-refractivity contribution in [2.75, 3.05) is 18.4 Å². The van der Waals surface area contributed by atoms with Crippen molar-refractivity contribution < 1.29 is 22.7 Å². The molecule has 34 heavy (non-hydrogen) atoms. The van der Waals surface area contributed by atoms with E-state index < -0.39 is 15.4 Å². The van der Waals surface area contributed by atoms with Crippen molar-refractivity contribution >= 4 is 32.5 Å². The van der Waals surface area contributed by atoms with Crippen LogP contribution in [-0.2, 0) is 32.2 Å². The van der Waals surface area contributed by atoms with Gasteiger partial charge in [0.25, 0.3) is 0 Å². The van der Waals surface area contributed by atoms with Gasteiger partial charge in [-0.1, -0.05) is 26.8 Å². The average molecular weight is 484 g/mol.